The summed E-state index contributed by atoms with van der Waals surface area (Å²) in [5.41, 5.74) is 0.535. The summed E-state index contributed by atoms with van der Waals surface area (Å²) in [4.78, 5) is 14.3. The highest BCUT2D eigenvalue weighted by Crippen LogP contribution is 2.38. The number of sulfonamides is 1. The minimum Gasteiger partial charge on any atom is -0.457 e. The molecule has 0 saturated carbocycles. The molecule has 0 N–H and O–H groups in total. The highest BCUT2D eigenvalue weighted by molar-refractivity contribution is 7.90. The average Bonchev–Trinajstić information content (AvgIpc) is 2.91. The first-order chi connectivity index (χ1) is 13.9. The lowest BCUT2D eigenvalue weighted by Crippen LogP contribution is -2.35. The van der Waals surface area contributed by atoms with E-state index >= 15 is 0 Å². The van der Waals surface area contributed by atoms with Crippen LogP contribution in [0.1, 0.15) is 41.6 Å². The number of carbonyl (C=O) groups is 1. The van der Waals surface area contributed by atoms with Crippen molar-refractivity contribution in [2.24, 2.45) is 4.40 Å². The van der Waals surface area contributed by atoms with E-state index in [-0.39, 0.29) is 27.7 Å². The molecule has 152 valence electrons. The number of amidine groups is 1. The molecular formula is C20H18ClFN2O4S. The van der Waals surface area contributed by atoms with Crippen LogP contribution >= 0.6 is 11.6 Å². The molecule has 0 radical (unpaired) electrons. The van der Waals surface area contributed by atoms with Gasteiger partial charge < -0.3 is 9.64 Å². The van der Waals surface area contributed by atoms with Gasteiger partial charge in [0.2, 0.25) is 0 Å². The summed E-state index contributed by atoms with van der Waals surface area (Å²) >= 11 is 6.30. The Kier molecular flexibility index (Phi) is 5.31. The lowest BCUT2D eigenvalue weighted by atomic mass is 10.1. The zero-order valence-corrected chi connectivity index (χ0v) is 17.0. The molecule has 2 aliphatic rings. The van der Waals surface area contributed by atoms with E-state index in [4.69, 9.17) is 16.3 Å². The van der Waals surface area contributed by atoms with Crippen LogP contribution in [0.5, 0.6) is 0 Å². The summed E-state index contributed by atoms with van der Waals surface area (Å²) in [7, 11) is -3.96. The maximum atomic E-state index is 13.7. The minimum absolute atomic E-state index is 0.0722. The second-order valence-corrected chi connectivity index (χ2v) is 8.89. The number of anilines is 1. The Labute approximate surface area is 173 Å². The molecule has 2 aromatic carbocycles. The van der Waals surface area contributed by atoms with E-state index < -0.39 is 21.8 Å². The predicted molar refractivity (Wildman–Crippen MR) is 107 cm³/mol. The third kappa shape index (κ3) is 3.86. The third-order valence-electron chi connectivity index (χ3n) is 4.97. The van der Waals surface area contributed by atoms with Crippen molar-refractivity contribution >= 4 is 39.1 Å². The molecule has 0 aromatic heterocycles. The SMILES string of the molecule is O=C(OCc1ccccc1F)c1cc2c(cc1Cl)N1CCCCCC1=NS2(=O)=O. The molecule has 0 aliphatic carbocycles. The van der Waals surface area contributed by atoms with Gasteiger partial charge in [-0.15, -0.1) is 4.40 Å². The standard InChI is InChI=1S/C20H18ClFN2O4S/c21-15-11-17-18(29(26,27)23-19-8-2-1-5-9-24(17)19)10-14(15)20(25)28-12-13-6-3-4-7-16(13)22/h3-4,6-7,10-11H,1-2,5,8-9,12H2. The molecule has 2 heterocycles. The van der Waals surface area contributed by atoms with Gasteiger partial charge in [0, 0.05) is 18.5 Å². The normalized spacial score (nSPS) is 17.6. The van der Waals surface area contributed by atoms with Gasteiger partial charge in [-0.2, -0.15) is 8.42 Å². The van der Waals surface area contributed by atoms with E-state index in [1.807, 2.05) is 4.90 Å². The van der Waals surface area contributed by atoms with Crippen LogP contribution in [-0.2, 0) is 21.4 Å². The number of carbonyl (C=O) groups excluding carboxylic acids is 1. The minimum atomic E-state index is -3.96. The zero-order valence-electron chi connectivity index (χ0n) is 15.4. The quantitative estimate of drug-likeness (QED) is 0.670. The molecule has 29 heavy (non-hydrogen) atoms. The molecule has 2 aliphatic heterocycles. The van der Waals surface area contributed by atoms with E-state index in [2.05, 4.69) is 4.40 Å². The lowest BCUT2D eigenvalue weighted by molar-refractivity contribution is 0.0469. The van der Waals surface area contributed by atoms with Crippen LogP contribution in [0.4, 0.5) is 10.1 Å². The van der Waals surface area contributed by atoms with E-state index in [1.165, 1.54) is 30.3 Å². The number of fused-ring (bicyclic) bond motifs is 3. The second kappa shape index (κ2) is 7.76. The number of benzene rings is 2. The fourth-order valence-electron chi connectivity index (χ4n) is 3.49. The van der Waals surface area contributed by atoms with Gasteiger partial charge in [0.25, 0.3) is 10.0 Å². The summed E-state index contributed by atoms with van der Waals surface area (Å²) in [6.45, 7) is 0.342. The fraction of sp³-hybridized carbons (Fsp3) is 0.300. The Morgan fingerprint density at radius 1 is 1.21 bits per heavy atom. The number of ether oxygens (including phenoxy) is 1. The topological polar surface area (TPSA) is 76.0 Å². The van der Waals surface area contributed by atoms with Crippen molar-refractivity contribution in [1.29, 1.82) is 0 Å². The first kappa shape index (κ1) is 19.8. The van der Waals surface area contributed by atoms with Crippen LogP contribution in [0.15, 0.2) is 45.7 Å². The monoisotopic (exact) mass is 436 g/mol. The Morgan fingerprint density at radius 3 is 2.79 bits per heavy atom. The molecule has 2 aromatic rings. The zero-order chi connectivity index (χ0) is 20.6. The maximum absolute atomic E-state index is 13.7. The van der Waals surface area contributed by atoms with Crippen LogP contribution in [0.3, 0.4) is 0 Å². The van der Waals surface area contributed by atoms with Gasteiger partial charge in [-0.25, -0.2) is 9.18 Å². The van der Waals surface area contributed by atoms with Crippen LogP contribution in [0.2, 0.25) is 5.02 Å². The number of hydrogen-bond acceptors (Lipinski definition) is 5. The van der Waals surface area contributed by atoms with Gasteiger partial charge in [0.1, 0.15) is 23.2 Å². The smallest absolute Gasteiger partial charge is 0.340 e. The average molecular weight is 437 g/mol. The lowest BCUT2D eigenvalue weighted by Gasteiger charge is -2.30. The molecule has 1 fully saturated rings. The molecule has 0 bridgehead atoms. The van der Waals surface area contributed by atoms with Crippen LogP contribution in [0.25, 0.3) is 0 Å². The number of nitrogens with zero attached hydrogens (tertiary/aromatic N) is 2. The maximum Gasteiger partial charge on any atom is 0.340 e. The Morgan fingerprint density at radius 2 is 2.00 bits per heavy atom. The van der Waals surface area contributed by atoms with Gasteiger partial charge >= 0.3 is 5.97 Å². The fourth-order valence-corrected chi connectivity index (χ4v) is 4.99. The number of esters is 1. The first-order valence-electron chi connectivity index (χ1n) is 9.22. The van der Waals surface area contributed by atoms with Gasteiger partial charge in [-0.3, -0.25) is 0 Å². The van der Waals surface area contributed by atoms with Gasteiger partial charge in [-0.05, 0) is 31.0 Å². The van der Waals surface area contributed by atoms with Crippen molar-refractivity contribution in [1.82, 2.24) is 0 Å². The number of hydrogen-bond donors (Lipinski definition) is 0. The highest BCUT2D eigenvalue weighted by atomic mass is 35.5. The van der Waals surface area contributed by atoms with Crippen molar-refractivity contribution in [2.75, 3.05) is 11.4 Å². The van der Waals surface area contributed by atoms with Gasteiger partial charge in [-0.1, -0.05) is 36.2 Å². The molecular weight excluding hydrogens is 419 g/mol. The second-order valence-electron chi connectivity index (χ2n) is 6.91. The summed E-state index contributed by atoms with van der Waals surface area (Å²) in [5, 5.41) is 0.0722. The van der Waals surface area contributed by atoms with Crippen molar-refractivity contribution < 1.29 is 22.3 Å². The van der Waals surface area contributed by atoms with E-state index in [0.717, 1.165) is 19.3 Å². The number of halogens is 2. The predicted octanol–water partition coefficient (Wildman–Crippen LogP) is 4.32. The van der Waals surface area contributed by atoms with Gasteiger partial charge in [0.05, 0.1) is 16.3 Å². The van der Waals surface area contributed by atoms with E-state index in [9.17, 15) is 17.6 Å². The summed E-state index contributed by atoms with van der Waals surface area (Å²) in [5.74, 6) is -0.828. The molecule has 1 saturated heterocycles. The van der Waals surface area contributed by atoms with Crippen LogP contribution < -0.4 is 4.90 Å². The van der Waals surface area contributed by atoms with E-state index in [1.54, 1.807) is 6.07 Å². The van der Waals surface area contributed by atoms with Crippen molar-refractivity contribution in [2.45, 2.75) is 37.2 Å². The first-order valence-corrected chi connectivity index (χ1v) is 11.0. The largest absolute Gasteiger partial charge is 0.457 e. The van der Waals surface area contributed by atoms with Crippen LogP contribution in [0, 0.1) is 5.82 Å². The van der Waals surface area contributed by atoms with E-state index in [0.29, 0.717) is 24.5 Å². The molecule has 9 heteroatoms. The van der Waals surface area contributed by atoms with Crippen LogP contribution in [-0.4, -0.2) is 26.8 Å². The molecule has 6 nitrogen and oxygen atoms in total. The molecule has 0 atom stereocenters. The number of rotatable bonds is 3. The molecule has 0 spiro atoms. The van der Waals surface area contributed by atoms with Gasteiger partial charge in [0.15, 0.2) is 0 Å². The highest BCUT2D eigenvalue weighted by Gasteiger charge is 2.33. The van der Waals surface area contributed by atoms with Crippen molar-refractivity contribution in [3.63, 3.8) is 0 Å². The van der Waals surface area contributed by atoms with Crippen molar-refractivity contribution in [3.8, 4) is 0 Å². The third-order valence-corrected chi connectivity index (χ3v) is 6.62. The summed E-state index contributed by atoms with van der Waals surface area (Å²) in [6.07, 6.45) is 3.33. The summed E-state index contributed by atoms with van der Waals surface area (Å²) < 4.78 is 48.2. The summed E-state index contributed by atoms with van der Waals surface area (Å²) in [6, 6.07) is 8.58. The van der Waals surface area contributed by atoms with Crippen molar-refractivity contribution in [3.05, 3.63) is 58.4 Å². The molecule has 0 amide bonds. The Bertz CT molecular complexity index is 1120. The Balaban J connectivity index is 1.66. The Hall–Kier alpha value is -2.45. The molecule has 0 unspecified atom stereocenters. The molecule has 4 rings (SSSR count).